The Morgan fingerprint density at radius 3 is 2.61 bits per heavy atom. The van der Waals surface area contributed by atoms with Gasteiger partial charge in [0.15, 0.2) is 0 Å². The molecular weight excluding hydrogens is 452 g/mol. The summed E-state index contributed by atoms with van der Waals surface area (Å²) in [7, 11) is 1.69. The van der Waals surface area contributed by atoms with Gasteiger partial charge in [-0.3, -0.25) is 14.5 Å². The molecule has 3 aromatic carbocycles. The standard InChI is InChI=1S/C30H32N2O4/c1-20(7-3-13-27(34)31-18-6-10-24(31)19-33)29(36-2)22-14-16-23(17-15-22)32-26-12-5-9-21-8-4-11-25(28(21)26)30(32)35/h3-5,7-9,11-12,14-17,20,24,29,33H,6,10,13,18-19H2,1-2H3/b7-3+/t20-,24+,29+/m1/s1. The predicted molar refractivity (Wildman–Crippen MR) is 141 cm³/mol. The molecule has 1 N–H and O–H groups in total. The maximum absolute atomic E-state index is 13.2. The second kappa shape index (κ2) is 10.2. The third-order valence-corrected chi connectivity index (χ3v) is 7.41. The normalized spacial score (nSPS) is 19.0. The predicted octanol–water partition coefficient (Wildman–Crippen LogP) is 5.38. The third-order valence-electron chi connectivity index (χ3n) is 7.41. The monoisotopic (exact) mass is 484 g/mol. The smallest absolute Gasteiger partial charge is 0.263 e. The zero-order valence-corrected chi connectivity index (χ0v) is 20.8. The average molecular weight is 485 g/mol. The van der Waals surface area contributed by atoms with Gasteiger partial charge in [0.1, 0.15) is 0 Å². The van der Waals surface area contributed by atoms with Crippen LogP contribution in [0.15, 0.2) is 72.8 Å². The van der Waals surface area contributed by atoms with Crippen LogP contribution in [0.1, 0.15) is 48.2 Å². The van der Waals surface area contributed by atoms with Gasteiger partial charge in [0.2, 0.25) is 5.91 Å². The number of amides is 2. The molecule has 6 heteroatoms. The summed E-state index contributed by atoms with van der Waals surface area (Å²) in [6.45, 7) is 2.81. The van der Waals surface area contributed by atoms with Gasteiger partial charge in [-0.15, -0.1) is 0 Å². The lowest BCUT2D eigenvalue weighted by Gasteiger charge is -2.23. The Balaban J connectivity index is 1.29. The minimum absolute atomic E-state index is 0.0137. The van der Waals surface area contributed by atoms with E-state index in [1.807, 2.05) is 72.8 Å². The van der Waals surface area contributed by atoms with Crippen LogP contribution in [0.5, 0.6) is 0 Å². The van der Waals surface area contributed by atoms with Crippen molar-refractivity contribution >= 4 is 34.0 Å². The number of carbonyl (C=O) groups is 2. The van der Waals surface area contributed by atoms with Crippen LogP contribution >= 0.6 is 0 Å². The van der Waals surface area contributed by atoms with E-state index in [0.717, 1.165) is 52.7 Å². The van der Waals surface area contributed by atoms with E-state index in [9.17, 15) is 14.7 Å². The van der Waals surface area contributed by atoms with Gasteiger partial charge in [-0.2, -0.15) is 0 Å². The Bertz CT molecular complexity index is 1290. The van der Waals surface area contributed by atoms with E-state index < -0.39 is 0 Å². The molecule has 2 heterocycles. The van der Waals surface area contributed by atoms with Crippen LogP contribution in [0.2, 0.25) is 0 Å². The Hall–Kier alpha value is -3.48. The number of rotatable bonds is 8. The van der Waals surface area contributed by atoms with Gasteiger partial charge in [0.05, 0.1) is 30.0 Å². The first-order chi connectivity index (χ1) is 17.5. The van der Waals surface area contributed by atoms with Crippen LogP contribution in [0, 0.1) is 5.92 Å². The lowest BCUT2D eigenvalue weighted by atomic mass is 9.96. The first kappa shape index (κ1) is 24.2. The fourth-order valence-electron chi connectivity index (χ4n) is 5.59. The number of nitrogens with zero attached hydrogens (tertiary/aromatic N) is 2. The number of hydrogen-bond acceptors (Lipinski definition) is 4. The molecule has 3 aromatic rings. The van der Waals surface area contributed by atoms with Crippen molar-refractivity contribution in [2.45, 2.75) is 38.3 Å². The molecule has 1 saturated heterocycles. The second-order valence-corrected chi connectivity index (χ2v) is 9.63. The summed E-state index contributed by atoms with van der Waals surface area (Å²) in [5.41, 5.74) is 3.47. The molecule has 6 nitrogen and oxygen atoms in total. The van der Waals surface area contributed by atoms with E-state index >= 15 is 0 Å². The molecule has 36 heavy (non-hydrogen) atoms. The molecule has 186 valence electrons. The minimum atomic E-state index is -0.183. The van der Waals surface area contributed by atoms with E-state index in [-0.39, 0.29) is 36.5 Å². The number of methoxy groups -OCH3 is 1. The molecule has 2 amide bonds. The highest BCUT2D eigenvalue weighted by Gasteiger charge is 2.31. The van der Waals surface area contributed by atoms with E-state index in [2.05, 4.69) is 6.92 Å². The van der Waals surface area contributed by atoms with Crippen LogP contribution in [0.25, 0.3) is 10.8 Å². The second-order valence-electron chi connectivity index (χ2n) is 9.63. The summed E-state index contributed by atoms with van der Waals surface area (Å²) in [6, 6.07) is 19.7. The van der Waals surface area contributed by atoms with Gasteiger partial charge in [-0.1, -0.05) is 55.5 Å². The third kappa shape index (κ3) is 4.31. The zero-order chi connectivity index (χ0) is 25.2. The summed E-state index contributed by atoms with van der Waals surface area (Å²) >= 11 is 0. The fourth-order valence-corrected chi connectivity index (χ4v) is 5.59. The van der Waals surface area contributed by atoms with Crippen molar-refractivity contribution in [1.29, 1.82) is 0 Å². The molecule has 0 aliphatic carbocycles. The topological polar surface area (TPSA) is 70.1 Å². The maximum atomic E-state index is 13.2. The molecule has 2 aliphatic heterocycles. The van der Waals surface area contributed by atoms with Gasteiger partial charge >= 0.3 is 0 Å². The van der Waals surface area contributed by atoms with Gasteiger partial charge in [-0.25, -0.2) is 0 Å². The van der Waals surface area contributed by atoms with E-state index in [4.69, 9.17) is 4.74 Å². The minimum Gasteiger partial charge on any atom is -0.394 e. The summed E-state index contributed by atoms with van der Waals surface area (Å²) in [6.07, 6.45) is 5.88. The highest BCUT2D eigenvalue weighted by Crippen LogP contribution is 2.42. The number of carbonyl (C=O) groups excluding carboxylic acids is 2. The van der Waals surface area contributed by atoms with Crippen LogP contribution in [0.3, 0.4) is 0 Å². The molecule has 3 atom stereocenters. The molecule has 5 rings (SSSR count). The number of hydrogen-bond donors (Lipinski definition) is 1. The molecule has 0 spiro atoms. The van der Waals surface area contributed by atoms with Gasteiger partial charge in [0, 0.05) is 37.1 Å². The van der Waals surface area contributed by atoms with E-state index in [1.165, 1.54) is 0 Å². The molecule has 0 saturated carbocycles. The van der Waals surface area contributed by atoms with Gasteiger partial charge in [0.25, 0.3) is 5.91 Å². The lowest BCUT2D eigenvalue weighted by Crippen LogP contribution is -2.37. The Labute approximate surface area is 211 Å². The SMILES string of the molecule is CO[C@H](c1ccc(N2C(=O)c3cccc4cccc2c34)cc1)[C@H](C)/C=C/CC(=O)N1CCC[C@H]1CO. The molecule has 0 bridgehead atoms. The largest absolute Gasteiger partial charge is 0.394 e. The Morgan fingerprint density at radius 1 is 1.14 bits per heavy atom. The van der Waals surface area contributed by atoms with Crippen molar-refractivity contribution in [3.8, 4) is 0 Å². The number of aliphatic hydroxyl groups excluding tert-OH is 1. The van der Waals surface area contributed by atoms with Crippen molar-refractivity contribution in [2.24, 2.45) is 5.92 Å². The van der Waals surface area contributed by atoms with Crippen LogP contribution in [0.4, 0.5) is 11.4 Å². The highest BCUT2D eigenvalue weighted by atomic mass is 16.5. The van der Waals surface area contributed by atoms with Crippen molar-refractivity contribution in [2.75, 3.05) is 25.2 Å². The van der Waals surface area contributed by atoms with Crippen molar-refractivity contribution < 1.29 is 19.4 Å². The maximum Gasteiger partial charge on any atom is 0.263 e. The number of anilines is 2. The summed E-state index contributed by atoms with van der Waals surface area (Å²) < 4.78 is 5.81. The molecule has 1 fully saturated rings. The van der Waals surface area contributed by atoms with Crippen molar-refractivity contribution in [3.63, 3.8) is 0 Å². The number of likely N-dealkylation sites (tertiary alicyclic amines) is 1. The lowest BCUT2D eigenvalue weighted by molar-refractivity contribution is -0.131. The molecule has 0 radical (unpaired) electrons. The summed E-state index contributed by atoms with van der Waals surface area (Å²) in [5, 5.41) is 11.5. The summed E-state index contributed by atoms with van der Waals surface area (Å²) in [5.74, 6) is 0.0900. The number of benzene rings is 3. The van der Waals surface area contributed by atoms with Crippen LogP contribution in [-0.4, -0.2) is 48.1 Å². The Morgan fingerprint density at radius 2 is 1.89 bits per heavy atom. The Kier molecular flexibility index (Phi) is 6.90. The summed E-state index contributed by atoms with van der Waals surface area (Å²) in [4.78, 5) is 29.3. The van der Waals surface area contributed by atoms with E-state index in [1.54, 1.807) is 16.9 Å². The molecule has 2 aliphatic rings. The van der Waals surface area contributed by atoms with Crippen LogP contribution in [-0.2, 0) is 9.53 Å². The quantitative estimate of drug-likeness (QED) is 0.436. The molecule has 0 aromatic heterocycles. The van der Waals surface area contributed by atoms with Crippen molar-refractivity contribution in [1.82, 2.24) is 4.90 Å². The number of aliphatic hydroxyl groups is 1. The number of ether oxygens (including phenoxy) is 1. The zero-order valence-electron chi connectivity index (χ0n) is 20.8. The molecule has 0 unspecified atom stereocenters. The van der Waals surface area contributed by atoms with Crippen molar-refractivity contribution in [3.05, 3.63) is 83.9 Å². The highest BCUT2D eigenvalue weighted by molar-refractivity contribution is 6.27. The first-order valence-corrected chi connectivity index (χ1v) is 12.6. The average Bonchev–Trinajstić information content (AvgIpc) is 3.49. The molecular formula is C30H32N2O4. The van der Waals surface area contributed by atoms with Gasteiger partial charge < -0.3 is 14.7 Å². The first-order valence-electron chi connectivity index (χ1n) is 12.6. The van der Waals surface area contributed by atoms with Crippen LogP contribution < -0.4 is 4.90 Å². The van der Waals surface area contributed by atoms with E-state index in [0.29, 0.717) is 6.42 Å². The van der Waals surface area contributed by atoms with Gasteiger partial charge in [-0.05, 0) is 48.1 Å². The fraction of sp³-hybridized carbons (Fsp3) is 0.333.